The van der Waals surface area contributed by atoms with Crippen molar-refractivity contribution in [3.63, 3.8) is 0 Å². The number of carbonyl (C=O) groups excluding carboxylic acids is 1. The number of hydrogen-bond donors (Lipinski definition) is 0. The molecular weight excluding hydrogens is 408 g/mol. The Labute approximate surface area is 193 Å². The van der Waals surface area contributed by atoms with Crippen LogP contribution >= 0.6 is 0 Å². The second-order valence-electron chi connectivity index (χ2n) is 8.73. The average molecular weight is 433 g/mol. The van der Waals surface area contributed by atoms with Crippen molar-refractivity contribution in [1.29, 1.82) is 0 Å². The Balaban J connectivity index is 1.51. The summed E-state index contributed by atoms with van der Waals surface area (Å²) in [7, 11) is 0. The first-order valence-electron chi connectivity index (χ1n) is 11.4. The van der Waals surface area contributed by atoms with Gasteiger partial charge in [0.1, 0.15) is 11.4 Å². The molecule has 0 aliphatic carbocycles. The number of carbonyl (C=O) groups is 1. The van der Waals surface area contributed by atoms with Crippen molar-refractivity contribution in [1.82, 2.24) is 9.78 Å². The molecule has 162 valence electrons. The Morgan fingerprint density at radius 1 is 0.879 bits per heavy atom. The molecule has 3 aromatic carbocycles. The number of aromatic nitrogens is 2. The molecule has 0 atom stereocenters. The van der Waals surface area contributed by atoms with Gasteiger partial charge in [-0.25, -0.2) is 0 Å². The zero-order valence-electron chi connectivity index (χ0n) is 18.5. The van der Waals surface area contributed by atoms with Crippen molar-refractivity contribution in [2.75, 3.05) is 6.61 Å². The quantitative estimate of drug-likeness (QED) is 0.386. The first kappa shape index (κ1) is 19.7. The third-order valence-electron chi connectivity index (χ3n) is 6.55. The first-order chi connectivity index (χ1) is 16.2. The smallest absolute Gasteiger partial charge is 0.279 e. The van der Waals surface area contributed by atoms with Crippen LogP contribution in [0.3, 0.4) is 0 Å². The maximum atomic E-state index is 13.8. The van der Waals surface area contributed by atoms with Gasteiger partial charge in [-0.15, -0.1) is 0 Å². The third kappa shape index (κ3) is 3.30. The summed E-state index contributed by atoms with van der Waals surface area (Å²) in [5.41, 5.74) is 8.86. The molecule has 0 fully saturated rings. The topological polar surface area (TPSA) is 44.1 Å². The molecule has 4 aromatic rings. The van der Waals surface area contributed by atoms with E-state index in [0.29, 0.717) is 6.42 Å². The van der Waals surface area contributed by atoms with Crippen molar-refractivity contribution < 1.29 is 9.53 Å². The molecule has 4 nitrogen and oxygen atoms in total. The molecule has 0 bridgehead atoms. The summed E-state index contributed by atoms with van der Waals surface area (Å²) in [5.74, 6) is 0.869. The van der Waals surface area contributed by atoms with Crippen molar-refractivity contribution in [3.05, 3.63) is 101 Å². The van der Waals surface area contributed by atoms with E-state index < -0.39 is 0 Å². The van der Waals surface area contributed by atoms with Gasteiger partial charge in [0.2, 0.25) is 0 Å². The van der Waals surface area contributed by atoms with E-state index in [2.05, 4.69) is 37.3 Å². The lowest BCUT2D eigenvalue weighted by atomic mass is 9.89. The van der Waals surface area contributed by atoms with Gasteiger partial charge in [0.05, 0.1) is 12.3 Å². The van der Waals surface area contributed by atoms with Crippen LogP contribution in [0.2, 0.25) is 0 Å². The van der Waals surface area contributed by atoms with Crippen LogP contribution in [0.1, 0.15) is 35.0 Å². The molecule has 0 unspecified atom stereocenters. The van der Waals surface area contributed by atoms with Gasteiger partial charge in [-0.05, 0) is 48.6 Å². The van der Waals surface area contributed by atoms with Gasteiger partial charge in [0, 0.05) is 23.1 Å². The van der Waals surface area contributed by atoms with E-state index in [4.69, 9.17) is 9.84 Å². The van der Waals surface area contributed by atoms with Crippen LogP contribution in [0, 0.1) is 0 Å². The number of fused-ring (bicyclic) bond motifs is 2. The van der Waals surface area contributed by atoms with E-state index in [1.807, 2.05) is 48.5 Å². The summed E-state index contributed by atoms with van der Waals surface area (Å²) in [4.78, 5) is 13.8. The molecule has 0 radical (unpaired) electrons. The minimum atomic E-state index is -0.0650. The maximum Gasteiger partial charge on any atom is 0.279 e. The lowest BCUT2D eigenvalue weighted by molar-refractivity contribution is 0.0958. The summed E-state index contributed by atoms with van der Waals surface area (Å²) < 4.78 is 7.40. The SMILES string of the molecule is CC1=C(c2ccc3c(c2)CCCO3)C(=O)n2nc(-c3ccccc3)c(-c3ccccc3)c2C1. The predicted molar refractivity (Wildman–Crippen MR) is 130 cm³/mol. The number of ether oxygens (including phenoxy) is 1. The predicted octanol–water partition coefficient (Wildman–Crippen LogP) is 6.21. The number of benzene rings is 3. The van der Waals surface area contributed by atoms with Crippen molar-refractivity contribution in [2.45, 2.75) is 26.2 Å². The van der Waals surface area contributed by atoms with Crippen molar-refractivity contribution in [2.24, 2.45) is 0 Å². The van der Waals surface area contributed by atoms with Crippen LogP contribution < -0.4 is 4.74 Å². The molecule has 2 aliphatic rings. The summed E-state index contributed by atoms with van der Waals surface area (Å²) >= 11 is 0. The largest absolute Gasteiger partial charge is 0.493 e. The van der Waals surface area contributed by atoms with Crippen LogP contribution in [-0.4, -0.2) is 22.3 Å². The average Bonchev–Trinajstić information content (AvgIpc) is 3.24. The lowest BCUT2D eigenvalue weighted by Crippen LogP contribution is -2.23. The maximum absolute atomic E-state index is 13.8. The van der Waals surface area contributed by atoms with Crippen molar-refractivity contribution >= 4 is 11.5 Å². The minimum Gasteiger partial charge on any atom is -0.493 e. The van der Waals surface area contributed by atoms with E-state index >= 15 is 0 Å². The number of allylic oxidation sites excluding steroid dienone is 2. The van der Waals surface area contributed by atoms with Crippen molar-refractivity contribution in [3.8, 4) is 28.1 Å². The standard InChI is InChI=1S/C29H24N2O2/c1-19-17-24-27(20-9-4-2-5-10-20)28(21-11-6-3-7-12-21)30-31(24)29(32)26(19)23-14-15-25-22(18-23)13-8-16-33-25/h2-7,9-12,14-15,18H,8,13,16-17H2,1H3. The van der Waals surface area contributed by atoms with Gasteiger partial charge in [-0.2, -0.15) is 9.78 Å². The number of nitrogens with zero attached hydrogens (tertiary/aromatic N) is 2. The molecule has 3 heterocycles. The Bertz CT molecular complexity index is 1400. The number of hydrogen-bond acceptors (Lipinski definition) is 3. The fourth-order valence-electron chi connectivity index (χ4n) is 5.00. The van der Waals surface area contributed by atoms with Gasteiger partial charge in [0.15, 0.2) is 0 Å². The highest BCUT2D eigenvalue weighted by Crippen LogP contribution is 2.40. The summed E-state index contributed by atoms with van der Waals surface area (Å²) in [6.45, 7) is 2.82. The monoisotopic (exact) mass is 432 g/mol. The molecule has 2 aliphatic heterocycles. The summed E-state index contributed by atoms with van der Waals surface area (Å²) in [6, 6.07) is 26.5. The summed E-state index contributed by atoms with van der Waals surface area (Å²) in [5, 5.41) is 4.88. The van der Waals surface area contributed by atoms with E-state index in [9.17, 15) is 4.79 Å². The van der Waals surface area contributed by atoms with E-state index in [-0.39, 0.29) is 5.91 Å². The Morgan fingerprint density at radius 3 is 2.36 bits per heavy atom. The van der Waals surface area contributed by atoms with Crippen LogP contribution in [-0.2, 0) is 12.8 Å². The Kier molecular flexibility index (Phi) is 4.72. The molecular formula is C29H24N2O2. The van der Waals surface area contributed by atoms with E-state index in [1.165, 1.54) is 5.56 Å². The molecule has 4 heteroatoms. The molecule has 0 spiro atoms. The molecule has 0 N–H and O–H groups in total. The minimum absolute atomic E-state index is 0.0650. The van der Waals surface area contributed by atoms with Crippen LogP contribution in [0.25, 0.3) is 28.0 Å². The fourth-order valence-corrected chi connectivity index (χ4v) is 5.00. The second-order valence-corrected chi connectivity index (χ2v) is 8.73. The molecule has 1 aromatic heterocycles. The van der Waals surface area contributed by atoms with E-state index in [0.717, 1.165) is 70.0 Å². The molecule has 0 saturated heterocycles. The highest BCUT2D eigenvalue weighted by Gasteiger charge is 2.31. The van der Waals surface area contributed by atoms with Gasteiger partial charge >= 0.3 is 0 Å². The van der Waals surface area contributed by atoms with E-state index in [1.54, 1.807) is 4.68 Å². The van der Waals surface area contributed by atoms with Crippen LogP contribution in [0.15, 0.2) is 84.4 Å². The third-order valence-corrected chi connectivity index (χ3v) is 6.55. The van der Waals surface area contributed by atoms with Gasteiger partial charge in [-0.1, -0.05) is 72.3 Å². The normalized spacial score (nSPS) is 15.1. The first-order valence-corrected chi connectivity index (χ1v) is 11.4. The van der Waals surface area contributed by atoms with Gasteiger partial charge in [-0.3, -0.25) is 4.79 Å². The summed E-state index contributed by atoms with van der Waals surface area (Å²) in [6.07, 6.45) is 2.67. The molecule has 33 heavy (non-hydrogen) atoms. The highest BCUT2D eigenvalue weighted by molar-refractivity contribution is 6.22. The van der Waals surface area contributed by atoms with Crippen LogP contribution in [0.5, 0.6) is 5.75 Å². The Hall–Kier alpha value is -3.92. The molecule has 0 saturated carbocycles. The zero-order valence-corrected chi connectivity index (χ0v) is 18.5. The zero-order chi connectivity index (χ0) is 22.4. The Morgan fingerprint density at radius 2 is 1.61 bits per heavy atom. The molecule has 0 amide bonds. The lowest BCUT2D eigenvalue weighted by Gasteiger charge is -2.22. The highest BCUT2D eigenvalue weighted by atomic mass is 16.5. The number of rotatable bonds is 3. The van der Waals surface area contributed by atoms with Crippen LogP contribution in [0.4, 0.5) is 0 Å². The second kappa shape index (κ2) is 7.89. The van der Waals surface area contributed by atoms with Gasteiger partial charge < -0.3 is 4.74 Å². The van der Waals surface area contributed by atoms with Gasteiger partial charge in [0.25, 0.3) is 5.91 Å². The number of aryl methyl sites for hydroxylation is 1. The molecule has 6 rings (SSSR count). The fraction of sp³-hybridized carbons (Fsp3) is 0.172.